The maximum absolute atomic E-state index is 12.7. The van der Waals surface area contributed by atoms with Crippen LogP contribution in [0.15, 0.2) is 0 Å². The van der Waals surface area contributed by atoms with Gasteiger partial charge in [0, 0.05) is 6.54 Å². The number of carboxylic acid groups (broad SMARTS) is 2. The minimum absolute atomic E-state index is 0.281. The van der Waals surface area contributed by atoms with Gasteiger partial charge in [-0.05, 0) is 18.8 Å². The molecule has 0 aliphatic carbocycles. The van der Waals surface area contributed by atoms with Crippen LogP contribution >= 0.6 is 0 Å². The lowest BCUT2D eigenvalue weighted by molar-refractivity contribution is -0.147. The van der Waals surface area contributed by atoms with E-state index in [9.17, 15) is 24.0 Å². The van der Waals surface area contributed by atoms with E-state index in [1.165, 1.54) is 4.90 Å². The molecule has 0 aromatic carbocycles. The summed E-state index contributed by atoms with van der Waals surface area (Å²) in [5.74, 6) is -5.39. The summed E-state index contributed by atoms with van der Waals surface area (Å²) in [4.78, 5) is 60.6. The topological polar surface area (TPSA) is 199 Å². The summed E-state index contributed by atoms with van der Waals surface area (Å²) in [7, 11) is 0. The van der Waals surface area contributed by atoms with Crippen LogP contribution in [0.2, 0.25) is 0 Å². The zero-order valence-corrected chi connectivity index (χ0v) is 16.3. The van der Waals surface area contributed by atoms with Crippen molar-refractivity contribution in [1.29, 1.82) is 0 Å². The molecule has 12 heteroatoms. The van der Waals surface area contributed by atoms with Gasteiger partial charge in [0.1, 0.15) is 24.2 Å². The summed E-state index contributed by atoms with van der Waals surface area (Å²) in [6.45, 7) is 2.96. The van der Waals surface area contributed by atoms with Gasteiger partial charge < -0.3 is 36.6 Å². The Balaban J connectivity index is 2.88. The van der Waals surface area contributed by atoms with Crippen molar-refractivity contribution in [3.8, 4) is 0 Å². The van der Waals surface area contributed by atoms with E-state index in [-0.39, 0.29) is 6.54 Å². The lowest BCUT2D eigenvalue weighted by Crippen LogP contribution is -2.58. The second-order valence-corrected chi connectivity index (χ2v) is 7.21. The molecule has 3 amide bonds. The fraction of sp³-hybridized carbons (Fsp3) is 0.706. The third-order valence-corrected chi connectivity index (χ3v) is 4.59. The molecule has 0 saturated carbocycles. The van der Waals surface area contributed by atoms with E-state index in [0.29, 0.717) is 12.8 Å². The number of hydrogen-bond acceptors (Lipinski definition) is 7. The molecule has 0 bridgehead atoms. The molecule has 1 saturated heterocycles. The predicted octanol–water partition coefficient (Wildman–Crippen LogP) is -2.52. The Morgan fingerprint density at radius 3 is 2.24 bits per heavy atom. The first kappa shape index (κ1) is 24.3. The van der Waals surface area contributed by atoms with Crippen LogP contribution in [0.1, 0.15) is 33.1 Å². The number of rotatable bonds is 10. The van der Waals surface area contributed by atoms with Gasteiger partial charge in [0.05, 0.1) is 13.0 Å². The quantitative estimate of drug-likeness (QED) is 0.222. The van der Waals surface area contributed by atoms with Gasteiger partial charge in [-0.2, -0.15) is 0 Å². The van der Waals surface area contributed by atoms with Gasteiger partial charge >= 0.3 is 11.9 Å². The largest absolute Gasteiger partial charge is 0.481 e. The Hall–Kier alpha value is -2.73. The van der Waals surface area contributed by atoms with E-state index in [0.717, 1.165) is 0 Å². The van der Waals surface area contributed by atoms with Crippen molar-refractivity contribution in [2.24, 2.45) is 11.7 Å². The van der Waals surface area contributed by atoms with E-state index in [4.69, 9.17) is 21.1 Å². The minimum Gasteiger partial charge on any atom is -0.481 e. The van der Waals surface area contributed by atoms with Crippen molar-refractivity contribution in [3.05, 3.63) is 0 Å². The molecular formula is C17H28N4O8. The summed E-state index contributed by atoms with van der Waals surface area (Å²) in [6, 6.07) is -4.81. The van der Waals surface area contributed by atoms with Gasteiger partial charge in [-0.25, -0.2) is 4.79 Å². The Labute approximate surface area is 167 Å². The van der Waals surface area contributed by atoms with Gasteiger partial charge in [0.25, 0.3) is 0 Å². The number of carbonyl (C=O) groups excluding carboxylic acids is 3. The summed E-state index contributed by atoms with van der Waals surface area (Å²) in [6.07, 6.45) is 0.0723. The van der Waals surface area contributed by atoms with Crippen LogP contribution in [0.25, 0.3) is 0 Å². The van der Waals surface area contributed by atoms with Crippen molar-refractivity contribution in [2.75, 3.05) is 13.2 Å². The average Bonchev–Trinajstić information content (AvgIpc) is 3.12. The van der Waals surface area contributed by atoms with Crippen LogP contribution in [-0.2, 0) is 24.0 Å². The van der Waals surface area contributed by atoms with E-state index in [1.807, 2.05) is 0 Å². The molecule has 1 fully saturated rings. The van der Waals surface area contributed by atoms with Crippen molar-refractivity contribution >= 4 is 29.7 Å². The van der Waals surface area contributed by atoms with Gasteiger partial charge in [-0.3, -0.25) is 19.2 Å². The van der Waals surface area contributed by atoms with Gasteiger partial charge in [-0.1, -0.05) is 13.8 Å². The highest BCUT2D eigenvalue weighted by molar-refractivity contribution is 5.95. The summed E-state index contributed by atoms with van der Waals surface area (Å²) in [5.41, 5.74) is 5.54. The van der Waals surface area contributed by atoms with E-state index < -0.39 is 72.8 Å². The first-order valence-corrected chi connectivity index (χ1v) is 9.21. The third-order valence-electron chi connectivity index (χ3n) is 4.59. The molecule has 4 unspecified atom stereocenters. The Morgan fingerprint density at radius 2 is 1.76 bits per heavy atom. The van der Waals surface area contributed by atoms with Gasteiger partial charge in [0.2, 0.25) is 17.7 Å². The monoisotopic (exact) mass is 416 g/mol. The summed E-state index contributed by atoms with van der Waals surface area (Å²) in [5, 5.41) is 31.5. The lowest BCUT2D eigenvalue weighted by atomic mass is 10.0. The predicted molar refractivity (Wildman–Crippen MR) is 98.4 cm³/mol. The second kappa shape index (κ2) is 10.7. The van der Waals surface area contributed by atoms with E-state index in [1.54, 1.807) is 13.8 Å². The molecule has 0 radical (unpaired) electrons. The summed E-state index contributed by atoms with van der Waals surface area (Å²) < 4.78 is 0. The maximum atomic E-state index is 12.7. The molecule has 0 spiro atoms. The molecule has 0 aromatic rings. The first-order chi connectivity index (χ1) is 13.5. The van der Waals surface area contributed by atoms with Crippen molar-refractivity contribution in [3.63, 3.8) is 0 Å². The maximum Gasteiger partial charge on any atom is 0.326 e. The highest BCUT2D eigenvalue weighted by atomic mass is 16.4. The number of amides is 3. The Morgan fingerprint density at radius 1 is 1.14 bits per heavy atom. The fourth-order valence-electron chi connectivity index (χ4n) is 3.01. The van der Waals surface area contributed by atoms with Crippen LogP contribution in [0, 0.1) is 5.92 Å². The highest BCUT2D eigenvalue weighted by Gasteiger charge is 2.38. The highest BCUT2D eigenvalue weighted by Crippen LogP contribution is 2.19. The van der Waals surface area contributed by atoms with Crippen molar-refractivity contribution < 1.29 is 39.3 Å². The Bertz CT molecular complexity index is 653. The number of carbonyl (C=O) groups is 5. The van der Waals surface area contributed by atoms with Crippen LogP contribution < -0.4 is 16.4 Å². The zero-order valence-electron chi connectivity index (χ0n) is 16.3. The van der Waals surface area contributed by atoms with Crippen LogP contribution in [0.4, 0.5) is 0 Å². The number of nitrogens with zero attached hydrogens (tertiary/aromatic N) is 1. The number of nitrogens with one attached hydrogen (secondary N) is 2. The molecule has 164 valence electrons. The molecule has 0 aromatic heterocycles. The number of nitrogens with two attached hydrogens (primary N) is 1. The minimum atomic E-state index is -1.65. The van der Waals surface area contributed by atoms with Crippen LogP contribution in [-0.4, -0.2) is 87.2 Å². The lowest BCUT2D eigenvalue weighted by Gasteiger charge is -2.29. The average molecular weight is 416 g/mol. The molecule has 7 N–H and O–H groups in total. The second-order valence-electron chi connectivity index (χ2n) is 7.21. The van der Waals surface area contributed by atoms with Crippen molar-refractivity contribution in [1.82, 2.24) is 15.5 Å². The number of aliphatic hydroxyl groups is 1. The van der Waals surface area contributed by atoms with Crippen LogP contribution in [0.5, 0.6) is 0 Å². The zero-order chi connectivity index (χ0) is 22.3. The number of likely N-dealkylation sites (tertiary alicyclic amines) is 1. The Kier molecular flexibility index (Phi) is 8.98. The molecule has 1 aliphatic heterocycles. The molecule has 29 heavy (non-hydrogen) atoms. The number of hydrogen-bond donors (Lipinski definition) is 6. The van der Waals surface area contributed by atoms with Gasteiger partial charge in [-0.15, -0.1) is 0 Å². The van der Waals surface area contributed by atoms with E-state index in [2.05, 4.69) is 10.6 Å². The number of carboxylic acids is 2. The molecule has 1 heterocycles. The number of aliphatic hydroxyl groups excluding tert-OH is 1. The van der Waals surface area contributed by atoms with Crippen LogP contribution in [0.3, 0.4) is 0 Å². The molecule has 12 nitrogen and oxygen atoms in total. The molecule has 4 atom stereocenters. The standard InChI is InChI=1S/C17H28N4O8/c1-8(2)13(15(26)19-10(17(28)29)6-12(23)24)20-14(25)11-4-3-5-21(11)16(27)9(18)7-22/h8-11,13,22H,3-7,18H2,1-2H3,(H,19,26)(H,20,25)(H,23,24)(H,28,29). The SMILES string of the molecule is CC(C)C(NC(=O)C1CCCN1C(=O)C(N)CO)C(=O)NC(CC(=O)O)C(=O)O. The molecule has 1 rings (SSSR count). The first-order valence-electron chi connectivity index (χ1n) is 9.21. The molecular weight excluding hydrogens is 388 g/mol. The van der Waals surface area contributed by atoms with Crippen molar-refractivity contribution in [2.45, 2.75) is 57.3 Å². The van der Waals surface area contributed by atoms with Gasteiger partial charge in [0.15, 0.2) is 0 Å². The normalized spacial score (nSPS) is 19.3. The summed E-state index contributed by atoms with van der Waals surface area (Å²) >= 11 is 0. The third kappa shape index (κ3) is 6.68. The van der Waals surface area contributed by atoms with E-state index >= 15 is 0 Å². The number of aliphatic carboxylic acids is 2. The smallest absolute Gasteiger partial charge is 0.326 e. The fourth-order valence-corrected chi connectivity index (χ4v) is 3.01. The molecule has 1 aliphatic rings.